The molecule has 0 spiro atoms. The summed E-state index contributed by atoms with van der Waals surface area (Å²) in [5.74, 6) is 2.48. The van der Waals surface area contributed by atoms with Gasteiger partial charge in [0, 0.05) is 23.3 Å². The van der Waals surface area contributed by atoms with Gasteiger partial charge in [-0.05, 0) is 43.9 Å². The van der Waals surface area contributed by atoms with Gasteiger partial charge in [0.1, 0.15) is 53.3 Å². The smallest absolute Gasteiger partial charge is 0.204 e. The number of methoxy groups -OCH3 is 2. The fraction of sp³-hybridized carbons (Fsp3) is 0.250. The number of hydrogen-bond acceptors (Lipinski definition) is 7. The van der Waals surface area contributed by atoms with Gasteiger partial charge in [0.2, 0.25) is 5.43 Å². The van der Waals surface area contributed by atoms with Gasteiger partial charge < -0.3 is 28.1 Å². The van der Waals surface area contributed by atoms with Gasteiger partial charge in [-0.15, -0.1) is 0 Å². The van der Waals surface area contributed by atoms with Crippen molar-refractivity contribution in [2.24, 2.45) is 0 Å². The lowest BCUT2D eigenvalue weighted by Crippen LogP contribution is -2.32. The molecular formula is C36H34O7. The predicted molar refractivity (Wildman–Crippen MR) is 166 cm³/mol. The Kier molecular flexibility index (Phi) is 7.72. The van der Waals surface area contributed by atoms with Crippen LogP contribution in [0.5, 0.6) is 28.7 Å². The van der Waals surface area contributed by atoms with Gasteiger partial charge in [0.15, 0.2) is 11.5 Å². The number of aryl methyl sites for hydroxylation is 1. The first kappa shape index (κ1) is 28.2. The molecule has 43 heavy (non-hydrogen) atoms. The summed E-state index contributed by atoms with van der Waals surface area (Å²) in [5, 5.41) is 0.362. The van der Waals surface area contributed by atoms with E-state index in [1.807, 2.05) is 66.7 Å². The van der Waals surface area contributed by atoms with Crippen LogP contribution in [0.3, 0.4) is 0 Å². The second-order valence-corrected chi connectivity index (χ2v) is 11.1. The molecule has 0 saturated carbocycles. The van der Waals surface area contributed by atoms with Crippen LogP contribution >= 0.6 is 0 Å². The molecule has 0 atom stereocenters. The van der Waals surface area contributed by atoms with Crippen LogP contribution in [-0.4, -0.2) is 19.8 Å². The number of benzene rings is 4. The molecule has 1 aliphatic rings. The van der Waals surface area contributed by atoms with Crippen molar-refractivity contribution < 1.29 is 28.1 Å². The highest BCUT2D eigenvalue weighted by Crippen LogP contribution is 2.44. The molecular weight excluding hydrogens is 544 g/mol. The average molecular weight is 579 g/mol. The first-order chi connectivity index (χ1) is 20.9. The first-order valence-electron chi connectivity index (χ1n) is 14.3. The second kappa shape index (κ2) is 11.8. The fourth-order valence-corrected chi connectivity index (χ4v) is 5.37. The number of ether oxygens (including phenoxy) is 5. The van der Waals surface area contributed by atoms with E-state index in [4.69, 9.17) is 28.1 Å². The molecule has 1 aromatic heterocycles. The van der Waals surface area contributed by atoms with Gasteiger partial charge in [0.05, 0.1) is 19.8 Å². The molecule has 4 aromatic carbocycles. The Hall–Kier alpha value is -4.91. The molecule has 0 saturated heterocycles. The van der Waals surface area contributed by atoms with Gasteiger partial charge in [-0.25, -0.2) is 0 Å². The van der Waals surface area contributed by atoms with Crippen LogP contribution in [-0.2, 0) is 19.6 Å². The standard InChI is InChI=1S/C36H34O7/c1-36(2)16-15-25-29(43-36)19-32(41-21-24-13-9-6-10-14-24)33-34(37)27(22-42-35(25)33)26-17-30(39-4)31(18-28(26)38-3)40-20-23-11-7-5-8-12-23/h5-14,17-19,22H,15-16,20-21H2,1-4H3. The van der Waals surface area contributed by atoms with E-state index >= 15 is 0 Å². The van der Waals surface area contributed by atoms with Crippen molar-refractivity contribution in [2.75, 3.05) is 14.2 Å². The number of fused-ring (bicyclic) bond motifs is 3. The van der Waals surface area contributed by atoms with Crippen LogP contribution in [0, 0.1) is 0 Å². The molecule has 220 valence electrons. The summed E-state index contributed by atoms with van der Waals surface area (Å²) >= 11 is 0. The Morgan fingerprint density at radius 1 is 0.744 bits per heavy atom. The summed E-state index contributed by atoms with van der Waals surface area (Å²) in [6.45, 7) is 4.74. The lowest BCUT2D eigenvalue weighted by atomic mass is 9.92. The summed E-state index contributed by atoms with van der Waals surface area (Å²) in [6.07, 6.45) is 2.98. The molecule has 1 aliphatic heterocycles. The Bertz CT molecular complexity index is 1810. The first-order valence-corrected chi connectivity index (χ1v) is 14.3. The molecule has 6 rings (SSSR count). The summed E-state index contributed by atoms with van der Waals surface area (Å²) in [4.78, 5) is 14.3. The largest absolute Gasteiger partial charge is 0.496 e. The minimum Gasteiger partial charge on any atom is -0.496 e. The van der Waals surface area contributed by atoms with Crippen LogP contribution in [0.15, 0.2) is 94.3 Å². The van der Waals surface area contributed by atoms with Crippen LogP contribution in [0.2, 0.25) is 0 Å². The third kappa shape index (κ3) is 5.75. The van der Waals surface area contributed by atoms with Gasteiger partial charge in [-0.2, -0.15) is 0 Å². The van der Waals surface area contributed by atoms with Crippen LogP contribution in [0.4, 0.5) is 0 Å². The van der Waals surface area contributed by atoms with E-state index in [9.17, 15) is 4.79 Å². The molecule has 0 radical (unpaired) electrons. The van der Waals surface area contributed by atoms with Crippen molar-refractivity contribution in [3.8, 4) is 39.9 Å². The fourth-order valence-electron chi connectivity index (χ4n) is 5.37. The molecule has 7 heteroatoms. The van der Waals surface area contributed by atoms with E-state index < -0.39 is 0 Å². The SMILES string of the molecule is COc1cc(-c2coc3c4c(cc(OCc5ccccc5)c3c2=O)OC(C)(C)CC4)c(OC)cc1OCc1ccccc1. The van der Waals surface area contributed by atoms with Crippen molar-refractivity contribution in [1.29, 1.82) is 0 Å². The highest BCUT2D eigenvalue weighted by atomic mass is 16.5. The lowest BCUT2D eigenvalue weighted by Gasteiger charge is -2.33. The normalized spacial score (nSPS) is 13.6. The van der Waals surface area contributed by atoms with Gasteiger partial charge in [0.25, 0.3) is 0 Å². The Morgan fingerprint density at radius 3 is 2.00 bits per heavy atom. The minimum atomic E-state index is -0.341. The maximum atomic E-state index is 14.3. The Balaban J connectivity index is 1.46. The van der Waals surface area contributed by atoms with Gasteiger partial charge in [-0.3, -0.25) is 4.79 Å². The monoisotopic (exact) mass is 578 g/mol. The molecule has 5 aromatic rings. The Morgan fingerprint density at radius 2 is 1.37 bits per heavy atom. The quantitative estimate of drug-likeness (QED) is 0.177. The molecule has 0 bridgehead atoms. The summed E-state index contributed by atoms with van der Waals surface area (Å²) in [5.41, 5.74) is 3.58. The molecule has 0 amide bonds. The van der Waals surface area contributed by atoms with E-state index in [1.54, 1.807) is 26.4 Å². The highest BCUT2D eigenvalue weighted by Gasteiger charge is 2.31. The van der Waals surface area contributed by atoms with Crippen LogP contribution in [0.25, 0.3) is 22.1 Å². The van der Waals surface area contributed by atoms with E-state index in [2.05, 4.69) is 13.8 Å². The number of rotatable bonds is 9. The summed E-state index contributed by atoms with van der Waals surface area (Å²) in [7, 11) is 3.12. The molecule has 7 nitrogen and oxygen atoms in total. The van der Waals surface area contributed by atoms with Crippen molar-refractivity contribution in [3.63, 3.8) is 0 Å². The van der Waals surface area contributed by atoms with Crippen molar-refractivity contribution in [3.05, 3.63) is 112 Å². The van der Waals surface area contributed by atoms with Crippen molar-refractivity contribution in [2.45, 2.75) is 45.5 Å². The molecule has 2 heterocycles. The molecule has 0 unspecified atom stereocenters. The zero-order chi connectivity index (χ0) is 30.0. The predicted octanol–water partition coefficient (Wildman–Crippen LogP) is 7.74. The van der Waals surface area contributed by atoms with E-state index in [0.29, 0.717) is 63.9 Å². The van der Waals surface area contributed by atoms with Crippen LogP contribution in [0.1, 0.15) is 37.0 Å². The average Bonchev–Trinajstić information content (AvgIpc) is 3.02. The highest BCUT2D eigenvalue weighted by molar-refractivity contribution is 5.92. The maximum absolute atomic E-state index is 14.3. The van der Waals surface area contributed by atoms with Gasteiger partial charge >= 0.3 is 0 Å². The molecule has 0 N–H and O–H groups in total. The van der Waals surface area contributed by atoms with E-state index in [1.165, 1.54) is 6.26 Å². The zero-order valence-corrected chi connectivity index (χ0v) is 24.8. The van der Waals surface area contributed by atoms with Crippen LogP contribution < -0.4 is 29.1 Å². The molecule has 0 aliphatic carbocycles. The summed E-state index contributed by atoms with van der Waals surface area (Å²) < 4.78 is 36.4. The van der Waals surface area contributed by atoms with Crippen molar-refractivity contribution >= 4 is 11.0 Å². The zero-order valence-electron chi connectivity index (χ0n) is 24.8. The summed E-state index contributed by atoms with van der Waals surface area (Å²) in [6, 6.07) is 25.0. The van der Waals surface area contributed by atoms with Crippen molar-refractivity contribution in [1.82, 2.24) is 0 Å². The minimum absolute atomic E-state index is 0.241. The van der Waals surface area contributed by atoms with E-state index in [0.717, 1.165) is 23.1 Å². The van der Waals surface area contributed by atoms with E-state index in [-0.39, 0.29) is 17.6 Å². The molecule has 0 fully saturated rings. The third-order valence-corrected chi connectivity index (χ3v) is 7.69. The topological polar surface area (TPSA) is 76.4 Å². The maximum Gasteiger partial charge on any atom is 0.204 e. The third-order valence-electron chi connectivity index (χ3n) is 7.69. The Labute approximate surface area is 250 Å². The lowest BCUT2D eigenvalue weighted by molar-refractivity contribution is 0.0844. The number of hydrogen-bond donors (Lipinski definition) is 0. The second-order valence-electron chi connectivity index (χ2n) is 11.1. The van der Waals surface area contributed by atoms with Gasteiger partial charge in [-0.1, -0.05) is 60.7 Å².